The van der Waals surface area contributed by atoms with Gasteiger partial charge in [-0.25, -0.2) is 4.99 Å². The number of aliphatic imine (C=N–C) groups is 2. The number of hydrogen-bond donors (Lipinski definition) is 2. The van der Waals surface area contributed by atoms with Gasteiger partial charge in [0, 0.05) is 0 Å². The van der Waals surface area contributed by atoms with Crippen LogP contribution in [0.2, 0.25) is 0 Å². The molecule has 1 aliphatic rings. The number of aliphatic hydroxyl groups excluding tert-OH is 1. The largest absolute Gasteiger partial charge is 0.355 e. The summed E-state index contributed by atoms with van der Waals surface area (Å²) < 4.78 is 0. The van der Waals surface area contributed by atoms with Gasteiger partial charge < -0.3 is 10.4 Å². The molecule has 1 heterocycles. The third-order valence-corrected chi connectivity index (χ3v) is 1.04. The van der Waals surface area contributed by atoms with E-state index in [1.54, 1.807) is 0 Å². The van der Waals surface area contributed by atoms with Crippen molar-refractivity contribution >= 4 is 33.8 Å². The fourth-order valence-corrected chi connectivity index (χ4v) is 0.780. The van der Waals surface area contributed by atoms with Gasteiger partial charge in [-0.1, -0.05) is 0 Å². The predicted octanol–water partition coefficient (Wildman–Crippen LogP) is 0.0551. The Morgan fingerprint density at radius 2 is 2.22 bits per heavy atom. The van der Waals surface area contributed by atoms with Crippen molar-refractivity contribution in [3.63, 3.8) is 0 Å². The number of nitrogens with zero attached hydrogens (tertiary/aromatic N) is 2. The maximum Gasteiger partial charge on any atom is 0.227 e. The summed E-state index contributed by atoms with van der Waals surface area (Å²) in [5, 5.41) is 11.0. The van der Waals surface area contributed by atoms with Gasteiger partial charge in [-0.2, -0.15) is 4.99 Å². The molecule has 0 bridgehead atoms. The Kier molecular flexibility index (Phi) is 1.90. The molecule has 0 amide bonds. The van der Waals surface area contributed by atoms with Crippen molar-refractivity contribution in [2.75, 3.05) is 0 Å². The van der Waals surface area contributed by atoms with Crippen LogP contribution in [0.5, 0.6) is 0 Å². The summed E-state index contributed by atoms with van der Waals surface area (Å²) in [6.07, 6.45) is -1.07. The topological polar surface area (TPSA) is 57.0 Å². The molecule has 6 heteroatoms. The van der Waals surface area contributed by atoms with Crippen LogP contribution in [-0.4, -0.2) is 22.0 Å². The molecule has 1 aliphatic heterocycles. The Balaban J connectivity index is 2.74. The molecule has 4 nitrogen and oxygen atoms in total. The third kappa shape index (κ3) is 1.82. The summed E-state index contributed by atoms with van der Waals surface area (Å²) in [5.74, 6) is 0. The highest BCUT2D eigenvalue weighted by molar-refractivity contribution is 6.71. The molecule has 0 aromatic rings. The molecule has 50 valence electrons. The van der Waals surface area contributed by atoms with Crippen LogP contribution in [0.15, 0.2) is 9.98 Å². The molecular weight excluding hydrogens is 165 g/mol. The Labute approximate surface area is 61.2 Å². The van der Waals surface area contributed by atoms with E-state index in [-0.39, 0.29) is 10.6 Å². The van der Waals surface area contributed by atoms with Crippen molar-refractivity contribution in [1.29, 1.82) is 0 Å². The van der Waals surface area contributed by atoms with Crippen molar-refractivity contribution in [2.45, 2.75) is 6.35 Å². The van der Waals surface area contributed by atoms with Gasteiger partial charge in [0.1, 0.15) is 0 Å². The molecule has 0 saturated carbocycles. The van der Waals surface area contributed by atoms with Gasteiger partial charge in [-0.3, -0.25) is 0 Å². The van der Waals surface area contributed by atoms with E-state index >= 15 is 0 Å². The van der Waals surface area contributed by atoms with E-state index < -0.39 is 6.35 Å². The minimum Gasteiger partial charge on any atom is -0.355 e. The van der Waals surface area contributed by atoms with E-state index in [0.29, 0.717) is 0 Å². The summed E-state index contributed by atoms with van der Waals surface area (Å²) >= 11 is 10.6. The zero-order valence-electron chi connectivity index (χ0n) is 4.17. The molecule has 0 aliphatic carbocycles. The minimum absolute atomic E-state index is 0.0440. The molecule has 0 aromatic carbocycles. The highest BCUT2D eigenvalue weighted by atomic mass is 35.5. The average molecular weight is 168 g/mol. The van der Waals surface area contributed by atoms with Gasteiger partial charge in [0.2, 0.25) is 16.9 Å². The Morgan fingerprint density at radius 3 is 2.67 bits per heavy atom. The maximum absolute atomic E-state index is 8.70. The normalized spacial score (nSPS) is 26.3. The second-order valence-electron chi connectivity index (χ2n) is 1.32. The number of halogens is 2. The lowest BCUT2D eigenvalue weighted by molar-refractivity contribution is 0.170. The second-order valence-corrected chi connectivity index (χ2v) is 2.01. The fourth-order valence-electron chi connectivity index (χ4n) is 0.382. The molecule has 0 radical (unpaired) electrons. The van der Waals surface area contributed by atoms with E-state index in [2.05, 4.69) is 15.3 Å². The molecule has 1 unspecified atom stereocenters. The van der Waals surface area contributed by atoms with E-state index in [9.17, 15) is 0 Å². The predicted molar refractivity (Wildman–Crippen MR) is 35.7 cm³/mol. The first-order chi connectivity index (χ1) is 4.18. The summed E-state index contributed by atoms with van der Waals surface area (Å²) in [6.45, 7) is 0. The molecule has 2 N–H and O–H groups in total. The Bertz CT molecular complexity index is 178. The SMILES string of the molecule is OC1N=C(Cl)N=C(Cl)N1. The Hall–Kier alpha value is -0.320. The lowest BCUT2D eigenvalue weighted by Crippen LogP contribution is -2.33. The van der Waals surface area contributed by atoms with E-state index in [0.717, 1.165) is 0 Å². The average Bonchev–Trinajstić information content (AvgIpc) is 1.59. The number of aliphatic hydroxyl groups is 1. The van der Waals surface area contributed by atoms with Gasteiger partial charge in [0.25, 0.3) is 0 Å². The number of amidine groups is 2. The molecule has 0 aromatic heterocycles. The van der Waals surface area contributed by atoms with Crippen molar-refractivity contribution in [1.82, 2.24) is 5.32 Å². The van der Waals surface area contributed by atoms with Crippen LogP contribution in [-0.2, 0) is 0 Å². The van der Waals surface area contributed by atoms with Gasteiger partial charge in [-0.05, 0) is 23.2 Å². The lowest BCUT2D eigenvalue weighted by atomic mass is 10.8. The maximum atomic E-state index is 8.70. The summed E-state index contributed by atoms with van der Waals surface area (Å²) in [6, 6.07) is 0. The molecule has 9 heavy (non-hydrogen) atoms. The second kappa shape index (κ2) is 2.51. The van der Waals surface area contributed by atoms with Crippen molar-refractivity contribution in [3.8, 4) is 0 Å². The molecule has 1 atom stereocenters. The van der Waals surface area contributed by atoms with Crippen molar-refractivity contribution in [3.05, 3.63) is 0 Å². The molecular formula is C3H3Cl2N3O. The van der Waals surface area contributed by atoms with Crippen LogP contribution >= 0.6 is 23.2 Å². The third-order valence-electron chi connectivity index (χ3n) is 0.667. The molecule has 0 spiro atoms. The van der Waals surface area contributed by atoms with Gasteiger partial charge in [0.15, 0.2) is 0 Å². The summed E-state index contributed by atoms with van der Waals surface area (Å²) in [4.78, 5) is 6.85. The molecule has 0 fully saturated rings. The Morgan fingerprint density at radius 1 is 1.56 bits per heavy atom. The summed E-state index contributed by atoms with van der Waals surface area (Å²) in [5.41, 5.74) is 0. The van der Waals surface area contributed by atoms with E-state index in [4.69, 9.17) is 28.3 Å². The van der Waals surface area contributed by atoms with E-state index in [1.165, 1.54) is 0 Å². The van der Waals surface area contributed by atoms with Crippen LogP contribution < -0.4 is 5.32 Å². The van der Waals surface area contributed by atoms with Crippen LogP contribution in [0.4, 0.5) is 0 Å². The first kappa shape index (κ1) is 6.80. The standard InChI is InChI=1S/C3H3Cl2N3O/c4-1-6-2(5)8-3(9)7-1/h3,9H,(H,6,7,8). The van der Waals surface area contributed by atoms with Crippen LogP contribution in [0, 0.1) is 0 Å². The van der Waals surface area contributed by atoms with Gasteiger partial charge >= 0.3 is 0 Å². The highest BCUT2D eigenvalue weighted by Gasteiger charge is 2.09. The van der Waals surface area contributed by atoms with Crippen LogP contribution in [0.25, 0.3) is 0 Å². The number of rotatable bonds is 0. The van der Waals surface area contributed by atoms with Crippen LogP contribution in [0.3, 0.4) is 0 Å². The fraction of sp³-hybridized carbons (Fsp3) is 0.333. The highest BCUT2D eigenvalue weighted by Crippen LogP contribution is 1.99. The number of nitrogens with one attached hydrogen (secondary N) is 1. The van der Waals surface area contributed by atoms with Crippen molar-refractivity contribution < 1.29 is 5.11 Å². The number of hydrogen-bond acceptors (Lipinski definition) is 4. The van der Waals surface area contributed by atoms with Crippen molar-refractivity contribution in [2.24, 2.45) is 9.98 Å². The molecule has 0 saturated heterocycles. The monoisotopic (exact) mass is 167 g/mol. The van der Waals surface area contributed by atoms with Gasteiger partial charge in [-0.15, -0.1) is 0 Å². The minimum atomic E-state index is -1.07. The first-order valence-electron chi connectivity index (χ1n) is 2.10. The zero-order valence-corrected chi connectivity index (χ0v) is 5.69. The quantitative estimate of drug-likeness (QED) is 0.502. The van der Waals surface area contributed by atoms with Crippen LogP contribution in [0.1, 0.15) is 0 Å². The van der Waals surface area contributed by atoms with E-state index in [1.807, 2.05) is 0 Å². The molecule has 1 rings (SSSR count). The van der Waals surface area contributed by atoms with Gasteiger partial charge in [0.05, 0.1) is 0 Å². The summed E-state index contributed by atoms with van der Waals surface area (Å²) in [7, 11) is 0. The smallest absolute Gasteiger partial charge is 0.227 e. The first-order valence-corrected chi connectivity index (χ1v) is 2.86. The lowest BCUT2D eigenvalue weighted by Gasteiger charge is -2.10. The zero-order chi connectivity index (χ0) is 6.85.